The van der Waals surface area contributed by atoms with E-state index in [1.54, 1.807) is 4.31 Å². The van der Waals surface area contributed by atoms with Gasteiger partial charge >= 0.3 is 0 Å². The number of hydrogen-bond acceptors (Lipinski definition) is 6. The summed E-state index contributed by atoms with van der Waals surface area (Å²) in [6.45, 7) is 4.42. The maximum absolute atomic E-state index is 13.8. The number of hydrogen-bond donors (Lipinski definition) is 1. The number of benzene rings is 2. The van der Waals surface area contributed by atoms with Crippen LogP contribution >= 0.6 is 0 Å². The molecule has 0 saturated heterocycles. The van der Waals surface area contributed by atoms with Crippen molar-refractivity contribution in [2.24, 2.45) is 5.92 Å². The topological polar surface area (TPSA) is 78.4 Å². The molecular weight excluding hydrogens is 579 g/mol. The van der Waals surface area contributed by atoms with E-state index < -0.39 is 10.0 Å². The lowest BCUT2D eigenvalue weighted by Crippen LogP contribution is -2.33. The molecule has 0 aliphatic heterocycles. The fourth-order valence-electron chi connectivity index (χ4n) is 6.34. The smallest absolute Gasteiger partial charge is 0.243 e. The zero-order valence-corrected chi connectivity index (χ0v) is 26.9. The minimum Gasteiger partial charge on any atom is -0.311 e. The Balaban J connectivity index is 1.13. The van der Waals surface area contributed by atoms with Crippen LogP contribution in [0.4, 0.5) is 0 Å². The quantitative estimate of drug-likeness (QED) is 0.143. The molecule has 1 saturated carbocycles. The summed E-state index contributed by atoms with van der Waals surface area (Å²) in [6.07, 6.45) is 11.4. The van der Waals surface area contributed by atoms with Crippen molar-refractivity contribution in [2.75, 3.05) is 19.6 Å². The van der Waals surface area contributed by atoms with Crippen LogP contribution in [0.25, 0.3) is 0 Å². The first kappa shape index (κ1) is 31.5. The zero-order chi connectivity index (χ0) is 30.9. The number of aromatic nitrogens is 2. The maximum atomic E-state index is 13.8. The molecule has 7 nitrogen and oxygen atoms in total. The Bertz CT molecular complexity index is 1600. The third-order valence-corrected chi connectivity index (χ3v) is 10.8. The molecule has 4 aromatic rings. The second kappa shape index (κ2) is 15.2. The van der Waals surface area contributed by atoms with Crippen LogP contribution in [0.3, 0.4) is 0 Å². The SMILES string of the molecule is O=S(=O)(c1ccc(CN(CCCCNCc2ccccn2)C2CCCc3cccnc32)cc1)N(Cc1ccccc1)CC1CC1. The summed E-state index contributed by atoms with van der Waals surface area (Å²) in [5.74, 6) is 0.466. The van der Waals surface area contributed by atoms with E-state index in [1.807, 2.05) is 91.3 Å². The predicted octanol–water partition coefficient (Wildman–Crippen LogP) is 6.53. The second-order valence-electron chi connectivity index (χ2n) is 12.5. The molecule has 2 aromatic carbocycles. The first-order valence-electron chi connectivity index (χ1n) is 16.5. The van der Waals surface area contributed by atoms with Gasteiger partial charge in [-0.15, -0.1) is 0 Å². The zero-order valence-electron chi connectivity index (χ0n) is 26.1. The minimum absolute atomic E-state index is 0.264. The summed E-state index contributed by atoms with van der Waals surface area (Å²) < 4.78 is 29.3. The van der Waals surface area contributed by atoms with Gasteiger partial charge in [-0.1, -0.05) is 54.6 Å². The van der Waals surface area contributed by atoms with Crippen LogP contribution < -0.4 is 5.32 Å². The third-order valence-electron chi connectivity index (χ3n) is 8.99. The van der Waals surface area contributed by atoms with Crippen LogP contribution in [-0.4, -0.2) is 47.2 Å². The average molecular weight is 624 g/mol. The summed E-state index contributed by atoms with van der Waals surface area (Å²) >= 11 is 0. The fourth-order valence-corrected chi connectivity index (χ4v) is 7.85. The summed E-state index contributed by atoms with van der Waals surface area (Å²) in [6, 6.07) is 28.1. The maximum Gasteiger partial charge on any atom is 0.243 e. The molecule has 0 spiro atoms. The summed E-state index contributed by atoms with van der Waals surface area (Å²) in [5.41, 5.74) is 5.76. The Morgan fingerprint density at radius 3 is 2.33 bits per heavy atom. The Hall–Kier alpha value is -3.43. The molecule has 8 heteroatoms. The molecule has 1 atom stereocenters. The molecule has 1 unspecified atom stereocenters. The van der Waals surface area contributed by atoms with Crippen LogP contribution in [0.1, 0.15) is 72.6 Å². The first-order chi connectivity index (χ1) is 22.1. The summed E-state index contributed by atoms with van der Waals surface area (Å²) in [5, 5.41) is 3.53. The van der Waals surface area contributed by atoms with Crippen molar-refractivity contribution in [3.05, 3.63) is 125 Å². The molecule has 0 bridgehead atoms. The molecule has 2 heterocycles. The molecule has 0 radical (unpaired) electrons. The summed E-state index contributed by atoms with van der Waals surface area (Å²) in [7, 11) is -3.60. The van der Waals surface area contributed by atoms with Gasteiger partial charge in [0.15, 0.2) is 0 Å². The Morgan fingerprint density at radius 2 is 1.56 bits per heavy atom. The van der Waals surface area contributed by atoms with E-state index in [9.17, 15) is 8.42 Å². The van der Waals surface area contributed by atoms with Gasteiger partial charge in [0, 0.05) is 38.6 Å². The second-order valence-corrected chi connectivity index (χ2v) is 14.4. The molecule has 236 valence electrons. The molecule has 2 aliphatic carbocycles. The van der Waals surface area contributed by atoms with Crippen molar-refractivity contribution >= 4 is 10.0 Å². The van der Waals surface area contributed by atoms with Gasteiger partial charge in [0.1, 0.15) is 0 Å². The fraction of sp³-hybridized carbons (Fsp3) is 0.405. The number of rotatable bonds is 16. The van der Waals surface area contributed by atoms with Crippen molar-refractivity contribution in [1.29, 1.82) is 0 Å². The van der Waals surface area contributed by atoms with Crippen LogP contribution in [0, 0.1) is 5.92 Å². The van der Waals surface area contributed by atoms with Crippen molar-refractivity contribution in [2.45, 2.75) is 75.5 Å². The van der Waals surface area contributed by atoms with Gasteiger partial charge in [0.25, 0.3) is 0 Å². The standard InChI is InChI=1S/C37H45N5O2S/c43-45(44,42(29-32-16-17-32)28-30-10-2-1-3-11-30)35-20-18-31(19-21-35)27-41(36-15-8-12-33-13-9-24-40-37(33)36)25-7-6-22-38-26-34-14-4-5-23-39-34/h1-5,9-11,13-14,18-21,23-24,32,36,38H,6-8,12,15-17,22,25-29H2. The molecule has 2 aromatic heterocycles. The number of nitrogens with one attached hydrogen (secondary N) is 1. The normalized spacial score (nSPS) is 16.6. The van der Waals surface area contributed by atoms with Crippen molar-refractivity contribution in [3.63, 3.8) is 0 Å². The van der Waals surface area contributed by atoms with Gasteiger partial charge in [0.2, 0.25) is 10.0 Å². The monoisotopic (exact) mass is 623 g/mol. The highest BCUT2D eigenvalue weighted by Crippen LogP contribution is 2.35. The van der Waals surface area contributed by atoms with Crippen molar-refractivity contribution in [3.8, 4) is 0 Å². The van der Waals surface area contributed by atoms with Crippen LogP contribution in [0.15, 0.2) is 102 Å². The van der Waals surface area contributed by atoms with Gasteiger partial charge in [-0.3, -0.25) is 14.9 Å². The first-order valence-corrected chi connectivity index (χ1v) is 17.9. The molecule has 45 heavy (non-hydrogen) atoms. The molecule has 6 rings (SSSR count). The Kier molecular flexibility index (Phi) is 10.7. The lowest BCUT2D eigenvalue weighted by atomic mass is 9.90. The molecular formula is C37H45N5O2S. The average Bonchev–Trinajstić information content (AvgIpc) is 3.91. The van der Waals surface area contributed by atoms with Gasteiger partial charge in [-0.25, -0.2) is 8.42 Å². The molecule has 2 aliphatic rings. The van der Waals surface area contributed by atoms with Gasteiger partial charge in [0.05, 0.1) is 22.3 Å². The van der Waals surface area contributed by atoms with Crippen molar-refractivity contribution < 1.29 is 8.42 Å². The van der Waals surface area contributed by atoms with Crippen LogP contribution in [-0.2, 0) is 36.1 Å². The van der Waals surface area contributed by atoms with Gasteiger partial charge in [-0.05, 0) is 111 Å². The number of sulfonamides is 1. The van der Waals surface area contributed by atoms with E-state index in [-0.39, 0.29) is 6.04 Å². The molecule has 1 N–H and O–H groups in total. The van der Waals surface area contributed by atoms with E-state index in [0.29, 0.717) is 23.9 Å². The highest BCUT2D eigenvalue weighted by molar-refractivity contribution is 7.89. The lowest BCUT2D eigenvalue weighted by Gasteiger charge is -2.35. The number of fused-ring (bicyclic) bond motifs is 1. The van der Waals surface area contributed by atoms with E-state index in [2.05, 4.69) is 21.3 Å². The van der Waals surface area contributed by atoms with Gasteiger partial charge in [-0.2, -0.15) is 4.31 Å². The number of pyridine rings is 2. The largest absolute Gasteiger partial charge is 0.311 e. The van der Waals surface area contributed by atoms with E-state index in [4.69, 9.17) is 4.98 Å². The van der Waals surface area contributed by atoms with Crippen molar-refractivity contribution in [1.82, 2.24) is 24.5 Å². The minimum atomic E-state index is -3.60. The Morgan fingerprint density at radius 1 is 0.778 bits per heavy atom. The highest BCUT2D eigenvalue weighted by atomic mass is 32.2. The van der Waals surface area contributed by atoms with Crippen LogP contribution in [0.2, 0.25) is 0 Å². The molecule has 1 fully saturated rings. The predicted molar refractivity (Wildman–Crippen MR) is 179 cm³/mol. The van der Waals surface area contributed by atoms with Gasteiger partial charge < -0.3 is 5.32 Å². The number of nitrogens with zero attached hydrogens (tertiary/aromatic N) is 4. The Labute approximate surface area is 268 Å². The van der Waals surface area contributed by atoms with Crippen LogP contribution in [0.5, 0.6) is 0 Å². The van der Waals surface area contributed by atoms with E-state index in [1.165, 1.54) is 11.3 Å². The third kappa shape index (κ3) is 8.64. The van der Waals surface area contributed by atoms with E-state index in [0.717, 1.165) is 87.9 Å². The number of aryl methyl sites for hydroxylation is 1. The summed E-state index contributed by atoms with van der Waals surface area (Å²) in [4.78, 5) is 12.2. The lowest BCUT2D eigenvalue weighted by molar-refractivity contribution is 0.162. The molecule has 0 amide bonds. The van der Waals surface area contributed by atoms with E-state index >= 15 is 0 Å². The highest BCUT2D eigenvalue weighted by Gasteiger charge is 2.32. The number of unbranched alkanes of at least 4 members (excludes halogenated alkanes) is 1.